The number of methoxy groups -OCH3 is 1. The van der Waals surface area contributed by atoms with Gasteiger partial charge in [0.2, 0.25) is 0 Å². The van der Waals surface area contributed by atoms with E-state index in [4.69, 9.17) is 13.6 Å². The lowest BCUT2D eigenvalue weighted by Crippen LogP contribution is -2.74. The summed E-state index contributed by atoms with van der Waals surface area (Å²) in [6, 6.07) is 0.699. The average Bonchev–Trinajstić information content (AvgIpc) is 2.51. The van der Waals surface area contributed by atoms with Gasteiger partial charge in [0.1, 0.15) is 5.22 Å². The molecule has 1 aliphatic rings. The van der Waals surface area contributed by atoms with Gasteiger partial charge in [-0.05, 0) is 31.4 Å². The van der Waals surface area contributed by atoms with Crippen LogP contribution in [0.3, 0.4) is 0 Å². The Kier molecular flexibility index (Phi) is 6.31. The molecule has 1 heterocycles. The fourth-order valence-electron chi connectivity index (χ4n) is 3.67. The molecular weight excluding hydrogens is 288 g/mol. The molecule has 1 saturated heterocycles. The molecule has 21 heavy (non-hydrogen) atoms. The van der Waals surface area contributed by atoms with Gasteiger partial charge in [0.15, 0.2) is 5.78 Å². The highest BCUT2D eigenvalue weighted by Crippen LogP contribution is 2.47. The summed E-state index contributed by atoms with van der Waals surface area (Å²) >= 11 is 0. The molecule has 5 nitrogen and oxygen atoms in total. The second-order valence-electron chi connectivity index (χ2n) is 5.67. The predicted octanol–water partition coefficient (Wildman–Crippen LogP) is 1.97. The number of ether oxygens (including phenoxy) is 1. The highest BCUT2D eigenvalue weighted by molar-refractivity contribution is 6.71. The zero-order valence-corrected chi connectivity index (χ0v) is 14.8. The third kappa shape index (κ3) is 2.75. The van der Waals surface area contributed by atoms with E-state index in [-0.39, 0.29) is 5.78 Å². The van der Waals surface area contributed by atoms with E-state index in [9.17, 15) is 9.90 Å². The highest BCUT2D eigenvalue weighted by Gasteiger charge is 2.68. The fraction of sp³-hybridized carbons (Fsp3) is 0.800. The molecule has 1 aliphatic heterocycles. The number of ketones is 1. The van der Waals surface area contributed by atoms with Crippen LogP contribution in [-0.2, 0) is 18.4 Å². The van der Waals surface area contributed by atoms with Crippen molar-refractivity contribution in [2.24, 2.45) is 5.92 Å². The van der Waals surface area contributed by atoms with Gasteiger partial charge in [-0.15, -0.1) is 0 Å². The molecule has 0 aliphatic carbocycles. The number of aliphatic hydroxyl groups is 1. The van der Waals surface area contributed by atoms with E-state index in [1.807, 2.05) is 6.92 Å². The van der Waals surface area contributed by atoms with Gasteiger partial charge in [-0.1, -0.05) is 19.9 Å². The normalized spacial score (nSPS) is 29.9. The zero-order valence-electron chi connectivity index (χ0n) is 13.8. The van der Waals surface area contributed by atoms with E-state index in [1.54, 1.807) is 21.1 Å². The fourth-order valence-corrected chi connectivity index (χ4v) is 7.77. The van der Waals surface area contributed by atoms with Gasteiger partial charge in [0.05, 0.1) is 12.0 Å². The summed E-state index contributed by atoms with van der Waals surface area (Å²) in [6.07, 6.45) is 1.12. The second kappa shape index (κ2) is 7.15. The number of aliphatic hydroxyl groups excluding tert-OH is 1. The zero-order chi connectivity index (χ0) is 16.3. The van der Waals surface area contributed by atoms with E-state index in [2.05, 4.69) is 6.58 Å². The summed E-state index contributed by atoms with van der Waals surface area (Å²) in [4.78, 5) is 12.6. The average molecular weight is 316 g/mol. The molecule has 0 aromatic carbocycles. The van der Waals surface area contributed by atoms with Crippen LogP contribution in [0.1, 0.15) is 33.1 Å². The van der Waals surface area contributed by atoms with Crippen LogP contribution in [0.5, 0.6) is 0 Å². The number of carbonyl (C=O) groups is 1. The third-order valence-electron chi connectivity index (χ3n) is 4.73. The minimum Gasteiger partial charge on any atom is -0.396 e. The Labute approximate surface area is 128 Å². The molecule has 1 N–H and O–H groups in total. The van der Waals surface area contributed by atoms with Crippen LogP contribution in [0.2, 0.25) is 6.04 Å². The molecule has 0 bridgehead atoms. The van der Waals surface area contributed by atoms with Gasteiger partial charge >= 0.3 is 8.56 Å². The van der Waals surface area contributed by atoms with Crippen molar-refractivity contribution in [3.63, 3.8) is 0 Å². The number of Topliss-reactive ketones (excluding diaryl/α,β-unsaturated/α-hetero) is 1. The van der Waals surface area contributed by atoms with Crippen molar-refractivity contribution in [1.82, 2.24) is 0 Å². The number of rotatable bonds is 7. The SMILES string of the molecule is C=C(C)C(=O)C1CCC[Si](OC)(OC)C1(OC)C(O)CC. The maximum atomic E-state index is 12.6. The Balaban J connectivity index is 3.48. The summed E-state index contributed by atoms with van der Waals surface area (Å²) < 4.78 is 17.3. The Morgan fingerprint density at radius 3 is 2.38 bits per heavy atom. The van der Waals surface area contributed by atoms with E-state index in [1.165, 1.54) is 7.11 Å². The third-order valence-corrected chi connectivity index (χ3v) is 9.13. The maximum absolute atomic E-state index is 12.6. The lowest BCUT2D eigenvalue weighted by atomic mass is 9.84. The molecule has 0 amide bonds. The summed E-state index contributed by atoms with van der Waals surface area (Å²) in [5, 5.41) is 9.60. The van der Waals surface area contributed by atoms with Crippen molar-refractivity contribution in [3.05, 3.63) is 12.2 Å². The van der Waals surface area contributed by atoms with E-state index >= 15 is 0 Å². The Morgan fingerprint density at radius 1 is 1.43 bits per heavy atom. The van der Waals surface area contributed by atoms with Crippen molar-refractivity contribution in [2.45, 2.75) is 50.5 Å². The van der Waals surface area contributed by atoms with Crippen LogP contribution < -0.4 is 0 Å². The number of allylic oxidation sites excluding steroid dienone is 1. The quantitative estimate of drug-likeness (QED) is 0.575. The molecule has 1 fully saturated rings. The van der Waals surface area contributed by atoms with Crippen molar-refractivity contribution in [1.29, 1.82) is 0 Å². The molecular formula is C15H28O5Si. The number of carbonyl (C=O) groups excluding carboxylic acids is 1. The Bertz CT molecular complexity index is 394. The summed E-state index contributed by atoms with van der Waals surface area (Å²) in [6.45, 7) is 7.32. The van der Waals surface area contributed by atoms with Gasteiger partial charge < -0.3 is 18.7 Å². The number of hydrogen-bond donors (Lipinski definition) is 1. The van der Waals surface area contributed by atoms with Crippen LogP contribution in [0.25, 0.3) is 0 Å². The van der Waals surface area contributed by atoms with Gasteiger partial charge in [0, 0.05) is 21.3 Å². The van der Waals surface area contributed by atoms with Gasteiger partial charge in [-0.25, -0.2) is 0 Å². The van der Waals surface area contributed by atoms with E-state index in [0.29, 0.717) is 24.5 Å². The van der Waals surface area contributed by atoms with Crippen LogP contribution in [0, 0.1) is 5.92 Å². The van der Waals surface area contributed by atoms with Crippen LogP contribution >= 0.6 is 0 Å². The van der Waals surface area contributed by atoms with Crippen molar-refractivity contribution < 1.29 is 23.5 Å². The first-order valence-corrected chi connectivity index (χ1v) is 9.42. The predicted molar refractivity (Wildman–Crippen MR) is 83.2 cm³/mol. The lowest BCUT2D eigenvalue weighted by molar-refractivity contribution is -0.146. The van der Waals surface area contributed by atoms with E-state index in [0.717, 1.165) is 6.42 Å². The monoisotopic (exact) mass is 316 g/mol. The minimum absolute atomic E-state index is 0.0741. The molecule has 0 spiro atoms. The molecule has 0 aromatic rings. The first-order chi connectivity index (χ1) is 9.86. The van der Waals surface area contributed by atoms with Crippen molar-refractivity contribution >= 4 is 14.3 Å². The second-order valence-corrected chi connectivity index (χ2v) is 9.28. The summed E-state index contributed by atoms with van der Waals surface area (Å²) in [7, 11) is 1.80. The molecule has 3 unspecified atom stereocenters. The first-order valence-electron chi connectivity index (χ1n) is 7.40. The van der Waals surface area contributed by atoms with Gasteiger partial charge in [-0.3, -0.25) is 4.79 Å². The molecule has 122 valence electrons. The largest absolute Gasteiger partial charge is 0.396 e. The Morgan fingerprint density at radius 2 is 2.00 bits per heavy atom. The highest BCUT2D eigenvalue weighted by atomic mass is 28.4. The molecule has 0 radical (unpaired) electrons. The van der Waals surface area contributed by atoms with Gasteiger partial charge in [0.25, 0.3) is 0 Å². The molecule has 3 atom stereocenters. The smallest absolute Gasteiger partial charge is 0.374 e. The first kappa shape index (κ1) is 18.5. The minimum atomic E-state index is -2.90. The maximum Gasteiger partial charge on any atom is 0.374 e. The standard InChI is InChI=1S/C15H28O5Si/c1-7-13(16)15(18-4)12(14(17)11(2)3)9-8-10-21(15,19-5)20-6/h12-13,16H,2,7-10H2,1,3-6H3. The molecule has 0 aromatic heterocycles. The van der Waals surface area contributed by atoms with E-state index < -0.39 is 25.8 Å². The topological polar surface area (TPSA) is 65.0 Å². The number of hydrogen-bond acceptors (Lipinski definition) is 5. The van der Waals surface area contributed by atoms with Crippen LogP contribution in [-0.4, -0.2) is 52.1 Å². The lowest BCUT2D eigenvalue weighted by Gasteiger charge is -2.53. The summed E-state index contributed by atoms with van der Waals surface area (Å²) in [5.74, 6) is -0.551. The van der Waals surface area contributed by atoms with Crippen molar-refractivity contribution in [2.75, 3.05) is 21.3 Å². The molecule has 6 heteroatoms. The van der Waals surface area contributed by atoms with Gasteiger partial charge in [-0.2, -0.15) is 0 Å². The van der Waals surface area contributed by atoms with Crippen LogP contribution in [0.4, 0.5) is 0 Å². The summed E-state index contributed by atoms with van der Waals surface area (Å²) in [5.41, 5.74) is 0.474. The molecule has 1 rings (SSSR count). The molecule has 0 saturated carbocycles. The van der Waals surface area contributed by atoms with Crippen LogP contribution in [0.15, 0.2) is 12.2 Å². The Hall–Kier alpha value is -0.533. The van der Waals surface area contributed by atoms with Crippen molar-refractivity contribution in [3.8, 4) is 0 Å².